The van der Waals surface area contributed by atoms with Gasteiger partial charge in [0.1, 0.15) is 10.7 Å². The van der Waals surface area contributed by atoms with Crippen LogP contribution in [0.2, 0.25) is 0 Å². The number of nitrogens with zero attached hydrogens (tertiary/aromatic N) is 1. The van der Waals surface area contributed by atoms with Crippen LogP contribution in [-0.4, -0.2) is 37.2 Å². The summed E-state index contributed by atoms with van der Waals surface area (Å²) in [7, 11) is 0. The van der Waals surface area contributed by atoms with Crippen LogP contribution in [0.3, 0.4) is 0 Å². The number of rotatable bonds is 8. The van der Waals surface area contributed by atoms with E-state index in [0.29, 0.717) is 23.2 Å². The third kappa shape index (κ3) is 4.36. The van der Waals surface area contributed by atoms with Crippen LogP contribution < -0.4 is 16.4 Å². The molecule has 0 unspecified atom stereocenters. The first kappa shape index (κ1) is 14.1. The molecule has 19 heavy (non-hydrogen) atoms. The number of amides is 1. The van der Waals surface area contributed by atoms with E-state index in [1.165, 1.54) is 24.2 Å². The first-order valence-corrected chi connectivity index (χ1v) is 7.38. The number of nitrogens with two attached hydrogens (primary N) is 1. The van der Waals surface area contributed by atoms with Crippen molar-refractivity contribution in [3.05, 3.63) is 4.88 Å². The fraction of sp³-hybridized carbons (Fsp3) is 0.667. The van der Waals surface area contributed by atoms with Gasteiger partial charge in [-0.2, -0.15) is 0 Å². The molecule has 0 radical (unpaired) electrons. The normalized spacial score (nSPS) is 14.4. The molecule has 6 nitrogen and oxygen atoms in total. The summed E-state index contributed by atoms with van der Waals surface area (Å²) in [5.41, 5.74) is 5.72. The zero-order valence-electron chi connectivity index (χ0n) is 11.1. The summed E-state index contributed by atoms with van der Waals surface area (Å²) in [6.07, 6.45) is 2.55. The molecule has 1 heterocycles. The number of nitrogen functional groups attached to an aromatic ring is 1. The maximum Gasteiger partial charge on any atom is 0.265 e. The number of hydrogen-bond acceptors (Lipinski definition) is 6. The molecule has 0 atom stereocenters. The Labute approximate surface area is 116 Å². The number of ether oxygens (including phenoxy) is 1. The molecule has 1 aromatic rings. The molecule has 1 amide bonds. The van der Waals surface area contributed by atoms with Gasteiger partial charge in [0, 0.05) is 19.7 Å². The van der Waals surface area contributed by atoms with Crippen molar-refractivity contribution in [2.75, 3.05) is 37.4 Å². The van der Waals surface area contributed by atoms with Crippen LogP contribution in [0.25, 0.3) is 0 Å². The Hall–Kier alpha value is -1.34. The highest BCUT2D eigenvalue weighted by Crippen LogP contribution is 2.28. The van der Waals surface area contributed by atoms with Crippen LogP contribution in [-0.2, 0) is 4.74 Å². The van der Waals surface area contributed by atoms with Gasteiger partial charge in [-0.05, 0) is 25.7 Å². The van der Waals surface area contributed by atoms with Crippen molar-refractivity contribution >= 4 is 28.2 Å². The Morgan fingerprint density at radius 2 is 2.37 bits per heavy atom. The smallest absolute Gasteiger partial charge is 0.265 e. The topological polar surface area (TPSA) is 89.3 Å². The molecule has 7 heteroatoms. The van der Waals surface area contributed by atoms with E-state index in [1.807, 2.05) is 6.92 Å². The Balaban J connectivity index is 1.71. The molecule has 1 saturated carbocycles. The van der Waals surface area contributed by atoms with Gasteiger partial charge < -0.3 is 21.1 Å². The lowest BCUT2D eigenvalue weighted by Crippen LogP contribution is -2.27. The molecule has 0 aromatic carbocycles. The first-order chi connectivity index (χ1) is 9.20. The predicted molar refractivity (Wildman–Crippen MR) is 76.6 cm³/mol. The number of nitrogens with one attached hydrogen (secondary N) is 2. The van der Waals surface area contributed by atoms with E-state index in [9.17, 15) is 4.79 Å². The van der Waals surface area contributed by atoms with E-state index < -0.39 is 0 Å². The van der Waals surface area contributed by atoms with Crippen molar-refractivity contribution in [3.63, 3.8) is 0 Å². The number of carbonyl (C=O) groups is 1. The molecular weight excluding hydrogens is 264 g/mol. The molecule has 0 spiro atoms. The van der Waals surface area contributed by atoms with Gasteiger partial charge in [-0.15, -0.1) is 0 Å². The maximum atomic E-state index is 11.9. The number of carbonyl (C=O) groups excluding carboxylic acids is 1. The Bertz CT molecular complexity index is 431. The zero-order chi connectivity index (χ0) is 13.7. The second-order valence-corrected chi connectivity index (χ2v) is 5.54. The maximum absolute atomic E-state index is 11.9. The summed E-state index contributed by atoms with van der Waals surface area (Å²) in [5.74, 6) is 0.835. The SMILES string of the molecule is CCNc1nc(N)c(C(=O)NCCOCC2CC2)s1. The molecule has 1 aliphatic carbocycles. The molecule has 0 bridgehead atoms. The summed E-state index contributed by atoms with van der Waals surface area (Å²) in [4.78, 5) is 16.4. The summed E-state index contributed by atoms with van der Waals surface area (Å²) in [6, 6.07) is 0. The second-order valence-electron chi connectivity index (χ2n) is 4.54. The number of hydrogen-bond donors (Lipinski definition) is 3. The van der Waals surface area contributed by atoms with Gasteiger partial charge in [-0.25, -0.2) is 4.98 Å². The lowest BCUT2D eigenvalue weighted by molar-refractivity contribution is 0.0911. The van der Waals surface area contributed by atoms with Crippen molar-refractivity contribution in [1.82, 2.24) is 10.3 Å². The molecular formula is C12H20N4O2S. The van der Waals surface area contributed by atoms with Crippen LogP contribution >= 0.6 is 11.3 Å². The van der Waals surface area contributed by atoms with E-state index in [1.54, 1.807) is 0 Å². The standard InChI is InChI=1S/C12H20N4O2S/c1-2-14-12-16-10(13)9(19-12)11(17)15-5-6-18-7-8-3-4-8/h8H,2-7,13H2,1H3,(H,14,16)(H,15,17). The Kier molecular flexibility index (Phi) is 4.98. The predicted octanol–water partition coefficient (Wildman–Crippen LogP) is 1.31. The van der Waals surface area contributed by atoms with E-state index in [0.717, 1.165) is 19.1 Å². The largest absolute Gasteiger partial charge is 0.382 e. The zero-order valence-corrected chi connectivity index (χ0v) is 11.9. The van der Waals surface area contributed by atoms with Crippen LogP contribution in [0.1, 0.15) is 29.4 Å². The van der Waals surface area contributed by atoms with Gasteiger partial charge >= 0.3 is 0 Å². The first-order valence-electron chi connectivity index (χ1n) is 6.56. The Morgan fingerprint density at radius 3 is 3.05 bits per heavy atom. The average Bonchev–Trinajstić information content (AvgIpc) is 3.12. The van der Waals surface area contributed by atoms with Crippen molar-refractivity contribution in [2.45, 2.75) is 19.8 Å². The molecule has 1 aliphatic rings. The highest BCUT2D eigenvalue weighted by molar-refractivity contribution is 7.18. The fourth-order valence-electron chi connectivity index (χ4n) is 1.57. The number of aromatic nitrogens is 1. The van der Waals surface area contributed by atoms with Crippen molar-refractivity contribution in [2.24, 2.45) is 5.92 Å². The van der Waals surface area contributed by atoms with Crippen LogP contribution in [0.4, 0.5) is 10.9 Å². The molecule has 0 aliphatic heterocycles. The van der Waals surface area contributed by atoms with Gasteiger partial charge in [0.25, 0.3) is 5.91 Å². The summed E-state index contributed by atoms with van der Waals surface area (Å²) in [6.45, 7) is 4.57. The monoisotopic (exact) mass is 284 g/mol. The number of anilines is 2. The molecule has 1 fully saturated rings. The number of thiazole rings is 1. The average molecular weight is 284 g/mol. The Morgan fingerprint density at radius 1 is 1.58 bits per heavy atom. The summed E-state index contributed by atoms with van der Waals surface area (Å²) in [5, 5.41) is 6.51. The van der Waals surface area contributed by atoms with Crippen molar-refractivity contribution < 1.29 is 9.53 Å². The lowest BCUT2D eigenvalue weighted by Gasteiger charge is -2.04. The van der Waals surface area contributed by atoms with Crippen molar-refractivity contribution in [3.8, 4) is 0 Å². The minimum Gasteiger partial charge on any atom is -0.382 e. The van der Waals surface area contributed by atoms with Crippen molar-refractivity contribution in [1.29, 1.82) is 0 Å². The minimum atomic E-state index is -0.186. The summed E-state index contributed by atoms with van der Waals surface area (Å²) >= 11 is 1.27. The minimum absolute atomic E-state index is 0.186. The van der Waals surface area contributed by atoms with Gasteiger partial charge in [0.05, 0.1) is 6.61 Å². The fourth-order valence-corrected chi connectivity index (χ4v) is 2.44. The molecule has 4 N–H and O–H groups in total. The molecule has 1 aromatic heterocycles. The second kappa shape index (κ2) is 6.72. The highest BCUT2D eigenvalue weighted by atomic mass is 32.1. The van der Waals surface area contributed by atoms with E-state index in [2.05, 4.69) is 15.6 Å². The van der Waals surface area contributed by atoms with Crippen LogP contribution in [0.5, 0.6) is 0 Å². The van der Waals surface area contributed by atoms with Crippen LogP contribution in [0, 0.1) is 5.92 Å². The molecule has 2 rings (SSSR count). The molecule has 106 valence electrons. The van der Waals surface area contributed by atoms with E-state index in [4.69, 9.17) is 10.5 Å². The van der Waals surface area contributed by atoms with Gasteiger partial charge in [-0.1, -0.05) is 11.3 Å². The third-order valence-electron chi connectivity index (χ3n) is 2.77. The van der Waals surface area contributed by atoms with Gasteiger partial charge in [0.2, 0.25) is 0 Å². The van der Waals surface area contributed by atoms with Gasteiger partial charge in [-0.3, -0.25) is 4.79 Å². The summed E-state index contributed by atoms with van der Waals surface area (Å²) < 4.78 is 5.45. The molecule has 0 saturated heterocycles. The van der Waals surface area contributed by atoms with E-state index >= 15 is 0 Å². The lowest BCUT2D eigenvalue weighted by atomic mass is 10.4. The van der Waals surface area contributed by atoms with Gasteiger partial charge in [0.15, 0.2) is 5.13 Å². The highest BCUT2D eigenvalue weighted by Gasteiger charge is 2.21. The van der Waals surface area contributed by atoms with Crippen LogP contribution in [0.15, 0.2) is 0 Å². The van der Waals surface area contributed by atoms with E-state index in [-0.39, 0.29) is 11.7 Å². The third-order valence-corrected chi connectivity index (χ3v) is 3.80. The quantitative estimate of drug-likeness (QED) is 0.626.